The van der Waals surface area contributed by atoms with E-state index in [2.05, 4.69) is 10.2 Å². The lowest BCUT2D eigenvalue weighted by molar-refractivity contribution is -0.123. The second-order valence-corrected chi connectivity index (χ2v) is 7.46. The molecule has 0 saturated carbocycles. The van der Waals surface area contributed by atoms with Crippen molar-refractivity contribution >= 4 is 5.91 Å². The van der Waals surface area contributed by atoms with Crippen molar-refractivity contribution in [1.29, 1.82) is 0 Å². The quantitative estimate of drug-likeness (QED) is 0.746. The Morgan fingerprint density at radius 1 is 1.03 bits per heavy atom. The van der Waals surface area contributed by atoms with Crippen LogP contribution in [-0.2, 0) is 11.3 Å². The predicted molar refractivity (Wildman–Crippen MR) is 108 cm³/mol. The summed E-state index contributed by atoms with van der Waals surface area (Å²) in [5, 5.41) is 2.76. The van der Waals surface area contributed by atoms with Gasteiger partial charge in [0.2, 0.25) is 5.91 Å². The van der Waals surface area contributed by atoms with E-state index in [4.69, 9.17) is 4.74 Å². The van der Waals surface area contributed by atoms with Gasteiger partial charge >= 0.3 is 0 Å². The van der Waals surface area contributed by atoms with E-state index in [1.54, 1.807) is 20.1 Å². The van der Waals surface area contributed by atoms with Crippen molar-refractivity contribution < 1.29 is 22.7 Å². The molecule has 162 valence electrons. The van der Waals surface area contributed by atoms with Crippen LogP contribution in [0.1, 0.15) is 24.1 Å². The molecule has 0 aromatic heterocycles. The van der Waals surface area contributed by atoms with Gasteiger partial charge in [-0.15, -0.1) is 0 Å². The molecule has 1 aliphatic heterocycles. The lowest BCUT2D eigenvalue weighted by atomic mass is 10.1. The molecule has 8 heteroatoms. The van der Waals surface area contributed by atoms with Gasteiger partial charge in [0.1, 0.15) is 23.2 Å². The molecule has 3 rings (SSSR count). The lowest BCUT2D eigenvalue weighted by Crippen LogP contribution is -2.49. The standard InChI is InChI=1S/C22H26F3N3O2/c1-15(19-5-3-18(24)12-20(19)25)26-22(29)14-28-9-7-27(8-10-28)13-16-11-17(23)4-6-21(16)30-2/h3-6,11-12,15H,7-10,13-14H2,1-2H3,(H,26,29)/t15-/m1/s1. The first-order chi connectivity index (χ1) is 14.4. The molecule has 1 heterocycles. The molecular formula is C22H26F3N3O2. The van der Waals surface area contributed by atoms with E-state index in [1.807, 2.05) is 4.90 Å². The van der Waals surface area contributed by atoms with Gasteiger partial charge in [0, 0.05) is 49.9 Å². The SMILES string of the molecule is COc1ccc(F)cc1CN1CCN(CC(=O)N[C@H](C)c2ccc(F)cc2F)CC1. The van der Waals surface area contributed by atoms with Crippen molar-refractivity contribution in [1.82, 2.24) is 15.1 Å². The topological polar surface area (TPSA) is 44.8 Å². The van der Waals surface area contributed by atoms with Crippen LogP contribution in [0.4, 0.5) is 13.2 Å². The van der Waals surface area contributed by atoms with Gasteiger partial charge in [-0.1, -0.05) is 6.07 Å². The summed E-state index contributed by atoms with van der Waals surface area (Å²) in [6.07, 6.45) is 0. The van der Waals surface area contributed by atoms with Gasteiger partial charge < -0.3 is 10.1 Å². The Labute approximate surface area is 174 Å². The molecular weight excluding hydrogens is 395 g/mol. The number of amides is 1. The number of nitrogens with one attached hydrogen (secondary N) is 1. The third kappa shape index (κ3) is 5.73. The Morgan fingerprint density at radius 2 is 1.67 bits per heavy atom. The highest BCUT2D eigenvalue weighted by atomic mass is 19.1. The normalized spacial score (nSPS) is 16.3. The second kappa shape index (κ2) is 9.95. The van der Waals surface area contributed by atoms with Gasteiger partial charge in [0.15, 0.2) is 0 Å². The Morgan fingerprint density at radius 3 is 2.33 bits per heavy atom. The number of rotatable bonds is 7. The number of piperazine rings is 1. The summed E-state index contributed by atoms with van der Waals surface area (Å²) in [4.78, 5) is 16.5. The maximum atomic E-state index is 13.9. The van der Waals surface area contributed by atoms with Crippen LogP contribution in [0.2, 0.25) is 0 Å². The third-order valence-electron chi connectivity index (χ3n) is 5.28. The summed E-state index contributed by atoms with van der Waals surface area (Å²) in [5.41, 5.74) is 1.04. The number of ether oxygens (including phenoxy) is 1. The van der Waals surface area contributed by atoms with Gasteiger partial charge in [-0.25, -0.2) is 13.2 Å². The lowest BCUT2D eigenvalue weighted by Gasteiger charge is -2.34. The molecule has 0 spiro atoms. The summed E-state index contributed by atoms with van der Waals surface area (Å²) in [7, 11) is 1.56. The minimum atomic E-state index is -0.677. The van der Waals surface area contributed by atoms with E-state index >= 15 is 0 Å². The molecule has 0 unspecified atom stereocenters. The Balaban J connectivity index is 1.47. The van der Waals surface area contributed by atoms with Crippen LogP contribution in [0.5, 0.6) is 5.75 Å². The molecule has 1 atom stereocenters. The van der Waals surface area contributed by atoms with Gasteiger partial charge in [-0.3, -0.25) is 14.6 Å². The summed E-state index contributed by atoms with van der Waals surface area (Å²) in [6.45, 7) is 5.27. The fraction of sp³-hybridized carbons (Fsp3) is 0.409. The monoisotopic (exact) mass is 421 g/mol. The van der Waals surface area contributed by atoms with Crippen molar-refractivity contribution in [2.75, 3.05) is 39.8 Å². The zero-order valence-electron chi connectivity index (χ0n) is 17.1. The van der Waals surface area contributed by atoms with Gasteiger partial charge in [0.05, 0.1) is 19.7 Å². The largest absolute Gasteiger partial charge is 0.496 e. The molecule has 0 radical (unpaired) electrons. The highest BCUT2D eigenvalue weighted by Crippen LogP contribution is 2.22. The van der Waals surface area contributed by atoms with Crippen molar-refractivity contribution in [3.05, 3.63) is 65.0 Å². The zero-order chi connectivity index (χ0) is 21.7. The fourth-order valence-corrected chi connectivity index (χ4v) is 3.64. The van der Waals surface area contributed by atoms with Crippen LogP contribution in [0.3, 0.4) is 0 Å². The smallest absolute Gasteiger partial charge is 0.234 e. The number of carbonyl (C=O) groups excluding carboxylic acids is 1. The number of halogens is 3. The molecule has 1 N–H and O–H groups in total. The average molecular weight is 421 g/mol. The van der Waals surface area contributed by atoms with Gasteiger partial charge in [0.25, 0.3) is 0 Å². The molecule has 2 aromatic carbocycles. The fourth-order valence-electron chi connectivity index (χ4n) is 3.64. The van der Waals surface area contributed by atoms with E-state index in [-0.39, 0.29) is 23.8 Å². The summed E-state index contributed by atoms with van der Waals surface area (Å²) < 4.78 is 45.8. The van der Waals surface area contributed by atoms with Crippen LogP contribution < -0.4 is 10.1 Å². The minimum absolute atomic E-state index is 0.199. The number of hydrogen-bond acceptors (Lipinski definition) is 4. The second-order valence-electron chi connectivity index (χ2n) is 7.46. The number of methoxy groups -OCH3 is 1. The molecule has 0 bridgehead atoms. The van der Waals surface area contributed by atoms with Crippen LogP contribution in [0.15, 0.2) is 36.4 Å². The molecule has 30 heavy (non-hydrogen) atoms. The Bertz CT molecular complexity index is 886. The van der Waals surface area contributed by atoms with Crippen LogP contribution in [-0.4, -0.2) is 55.5 Å². The number of nitrogens with zero attached hydrogens (tertiary/aromatic N) is 2. The molecule has 5 nitrogen and oxygen atoms in total. The first-order valence-electron chi connectivity index (χ1n) is 9.87. The van der Waals surface area contributed by atoms with Gasteiger partial charge in [-0.05, 0) is 31.2 Å². The van der Waals surface area contributed by atoms with E-state index in [0.29, 0.717) is 25.4 Å². The van der Waals surface area contributed by atoms with Crippen molar-refractivity contribution in [2.24, 2.45) is 0 Å². The molecule has 2 aromatic rings. The predicted octanol–water partition coefficient (Wildman–Crippen LogP) is 3.11. The first kappa shape index (κ1) is 22.1. The molecule has 0 aliphatic carbocycles. The minimum Gasteiger partial charge on any atom is -0.496 e. The Kier molecular flexibility index (Phi) is 7.33. The summed E-state index contributed by atoms with van der Waals surface area (Å²) >= 11 is 0. The summed E-state index contributed by atoms with van der Waals surface area (Å²) in [6, 6.07) is 7.25. The molecule has 1 saturated heterocycles. The maximum Gasteiger partial charge on any atom is 0.234 e. The first-order valence-corrected chi connectivity index (χ1v) is 9.87. The third-order valence-corrected chi connectivity index (χ3v) is 5.28. The average Bonchev–Trinajstić information content (AvgIpc) is 2.69. The van der Waals surface area contributed by atoms with Gasteiger partial charge in [-0.2, -0.15) is 0 Å². The van der Waals surface area contributed by atoms with Crippen LogP contribution in [0.25, 0.3) is 0 Å². The zero-order valence-corrected chi connectivity index (χ0v) is 17.1. The molecule has 1 amide bonds. The van der Waals surface area contributed by atoms with Crippen LogP contribution in [0, 0.1) is 17.5 Å². The molecule has 1 fully saturated rings. The van der Waals surface area contributed by atoms with E-state index in [0.717, 1.165) is 24.7 Å². The summed E-state index contributed by atoms with van der Waals surface area (Å²) in [5.74, 6) is -1.19. The Hall–Kier alpha value is -2.58. The van der Waals surface area contributed by atoms with E-state index in [9.17, 15) is 18.0 Å². The number of carbonyl (C=O) groups is 1. The maximum absolute atomic E-state index is 13.9. The van der Waals surface area contributed by atoms with Crippen molar-refractivity contribution in [2.45, 2.75) is 19.5 Å². The number of hydrogen-bond donors (Lipinski definition) is 1. The van der Waals surface area contributed by atoms with E-state index in [1.165, 1.54) is 24.3 Å². The molecule has 1 aliphatic rings. The van der Waals surface area contributed by atoms with E-state index < -0.39 is 17.7 Å². The van der Waals surface area contributed by atoms with Crippen molar-refractivity contribution in [3.8, 4) is 5.75 Å². The highest BCUT2D eigenvalue weighted by Gasteiger charge is 2.21. The highest BCUT2D eigenvalue weighted by molar-refractivity contribution is 5.78. The number of benzene rings is 2. The van der Waals surface area contributed by atoms with Crippen molar-refractivity contribution in [3.63, 3.8) is 0 Å². The van der Waals surface area contributed by atoms with Crippen LogP contribution >= 0.6 is 0 Å².